The number of methoxy groups -OCH3 is 1. The number of piperazine rings is 1. The first kappa shape index (κ1) is 24.0. The highest BCUT2D eigenvalue weighted by Gasteiger charge is 2.40. The van der Waals surface area contributed by atoms with E-state index < -0.39 is 26.7 Å². The van der Waals surface area contributed by atoms with Crippen LogP contribution in [0.2, 0.25) is 0 Å². The zero-order valence-corrected chi connectivity index (χ0v) is 19.3. The molecule has 0 unspecified atom stereocenters. The molecule has 1 amide bonds. The van der Waals surface area contributed by atoms with Gasteiger partial charge in [0.25, 0.3) is 5.91 Å². The molecule has 1 aliphatic rings. The van der Waals surface area contributed by atoms with Crippen LogP contribution in [0.15, 0.2) is 53.4 Å². The zero-order chi connectivity index (χ0) is 24.7. The Labute approximate surface area is 194 Å². The van der Waals surface area contributed by atoms with Crippen LogP contribution in [-0.2, 0) is 16.2 Å². The molecule has 1 saturated heterocycles. The Kier molecular flexibility index (Phi) is 6.26. The third-order valence-electron chi connectivity index (χ3n) is 5.78. The van der Waals surface area contributed by atoms with E-state index in [4.69, 9.17) is 4.74 Å². The highest BCUT2D eigenvalue weighted by Crippen LogP contribution is 2.35. The summed E-state index contributed by atoms with van der Waals surface area (Å²) in [7, 11) is -2.83. The van der Waals surface area contributed by atoms with Crippen LogP contribution in [0.3, 0.4) is 0 Å². The van der Waals surface area contributed by atoms with Crippen molar-refractivity contribution >= 4 is 26.8 Å². The lowest BCUT2D eigenvalue weighted by molar-refractivity contribution is -0.139. The van der Waals surface area contributed by atoms with Crippen LogP contribution in [0.5, 0.6) is 5.75 Å². The van der Waals surface area contributed by atoms with E-state index in [2.05, 4.69) is 4.98 Å². The maximum atomic E-state index is 13.3. The second-order valence-electron chi connectivity index (χ2n) is 7.87. The van der Waals surface area contributed by atoms with E-state index in [1.54, 1.807) is 38.3 Å². The Balaban J connectivity index is 1.53. The predicted octanol–water partition coefficient (Wildman–Crippen LogP) is 3.72. The Morgan fingerprint density at radius 3 is 2.35 bits per heavy atom. The Morgan fingerprint density at radius 2 is 1.71 bits per heavy atom. The number of fused-ring (bicyclic) bond motifs is 1. The Hall–Kier alpha value is -3.18. The third-order valence-corrected chi connectivity index (χ3v) is 7.74. The predicted molar refractivity (Wildman–Crippen MR) is 119 cm³/mol. The molecule has 1 fully saturated rings. The molecule has 0 spiro atoms. The van der Waals surface area contributed by atoms with Crippen LogP contribution in [-0.4, -0.2) is 61.8 Å². The fraction of sp³-hybridized carbons (Fsp3) is 0.304. The maximum Gasteiger partial charge on any atom is 0.417 e. The summed E-state index contributed by atoms with van der Waals surface area (Å²) in [4.78, 5) is 18.3. The number of ether oxygens (including phenoxy) is 1. The molecule has 0 saturated carbocycles. The molecule has 4 rings (SSSR count). The number of pyridine rings is 1. The van der Waals surface area contributed by atoms with Crippen molar-refractivity contribution < 1.29 is 31.1 Å². The van der Waals surface area contributed by atoms with Crippen molar-refractivity contribution in [2.45, 2.75) is 18.0 Å². The van der Waals surface area contributed by atoms with E-state index in [9.17, 15) is 26.4 Å². The fourth-order valence-corrected chi connectivity index (χ4v) is 5.59. The Morgan fingerprint density at radius 1 is 1.03 bits per heavy atom. The van der Waals surface area contributed by atoms with Gasteiger partial charge in [0.2, 0.25) is 10.0 Å². The highest BCUT2D eigenvalue weighted by molar-refractivity contribution is 7.89. The normalized spacial score (nSPS) is 15.5. The van der Waals surface area contributed by atoms with Crippen molar-refractivity contribution in [2.75, 3.05) is 33.3 Å². The summed E-state index contributed by atoms with van der Waals surface area (Å²) >= 11 is 0. The molecule has 0 N–H and O–H groups in total. The van der Waals surface area contributed by atoms with Crippen LogP contribution in [0.1, 0.15) is 21.6 Å². The van der Waals surface area contributed by atoms with Gasteiger partial charge in [0.05, 0.1) is 34.3 Å². The first-order chi connectivity index (χ1) is 16.0. The van der Waals surface area contributed by atoms with E-state index in [0.29, 0.717) is 22.5 Å². The van der Waals surface area contributed by atoms with Gasteiger partial charge in [0.1, 0.15) is 5.75 Å². The molecule has 0 aliphatic carbocycles. The van der Waals surface area contributed by atoms with Gasteiger partial charge in [-0.15, -0.1) is 0 Å². The molecule has 0 bridgehead atoms. The third kappa shape index (κ3) is 4.45. The number of alkyl halides is 3. The molecule has 7 nitrogen and oxygen atoms in total. The quantitative estimate of drug-likeness (QED) is 0.554. The number of benzene rings is 2. The highest BCUT2D eigenvalue weighted by atomic mass is 32.2. The van der Waals surface area contributed by atoms with Gasteiger partial charge in [-0.2, -0.15) is 17.5 Å². The lowest BCUT2D eigenvalue weighted by Gasteiger charge is -2.34. The SMILES string of the molecule is COc1ccc2cc(C(=O)N3CCN(S(=O)(=O)c4ccccc4C(F)(F)F)CC3)c(C)nc2c1. The van der Waals surface area contributed by atoms with Crippen LogP contribution in [0.25, 0.3) is 10.9 Å². The van der Waals surface area contributed by atoms with Crippen molar-refractivity contribution in [3.05, 3.63) is 65.4 Å². The maximum absolute atomic E-state index is 13.3. The molecule has 1 aromatic heterocycles. The van der Waals surface area contributed by atoms with Gasteiger partial charge in [0, 0.05) is 37.6 Å². The van der Waals surface area contributed by atoms with Crippen LogP contribution < -0.4 is 4.74 Å². The van der Waals surface area contributed by atoms with Gasteiger partial charge >= 0.3 is 6.18 Å². The summed E-state index contributed by atoms with van der Waals surface area (Å²) in [5.41, 5.74) is 0.368. The summed E-state index contributed by atoms with van der Waals surface area (Å²) in [5, 5.41) is 0.750. The van der Waals surface area contributed by atoms with Crippen molar-refractivity contribution in [3.8, 4) is 5.75 Å². The molecule has 0 atom stereocenters. The molecular formula is C23H22F3N3O4S. The number of amides is 1. The van der Waals surface area contributed by atoms with Gasteiger partial charge in [-0.05, 0) is 37.3 Å². The summed E-state index contributed by atoms with van der Waals surface area (Å²) in [5.74, 6) is 0.332. The summed E-state index contributed by atoms with van der Waals surface area (Å²) in [6.45, 7) is 1.58. The summed E-state index contributed by atoms with van der Waals surface area (Å²) in [6, 6.07) is 11.1. The van der Waals surface area contributed by atoms with Crippen LogP contribution >= 0.6 is 0 Å². The lowest BCUT2D eigenvalue weighted by atomic mass is 10.1. The molecule has 2 aromatic carbocycles. The van der Waals surface area contributed by atoms with Gasteiger partial charge in [-0.1, -0.05) is 12.1 Å². The first-order valence-electron chi connectivity index (χ1n) is 10.4. The summed E-state index contributed by atoms with van der Waals surface area (Å²) in [6.07, 6.45) is -4.80. The number of hydrogen-bond acceptors (Lipinski definition) is 5. The second kappa shape index (κ2) is 8.88. The van der Waals surface area contributed by atoms with Crippen LogP contribution in [0.4, 0.5) is 13.2 Å². The molecule has 1 aliphatic heterocycles. The van der Waals surface area contributed by atoms with Crippen molar-refractivity contribution in [1.29, 1.82) is 0 Å². The number of aromatic nitrogens is 1. The van der Waals surface area contributed by atoms with Gasteiger partial charge in [0.15, 0.2) is 0 Å². The van der Waals surface area contributed by atoms with E-state index in [-0.39, 0.29) is 32.1 Å². The molecular weight excluding hydrogens is 471 g/mol. The number of carbonyl (C=O) groups is 1. The number of halogens is 3. The molecule has 11 heteroatoms. The molecule has 2 heterocycles. The first-order valence-corrected chi connectivity index (χ1v) is 11.9. The van der Waals surface area contributed by atoms with Gasteiger partial charge < -0.3 is 9.64 Å². The molecule has 180 valence electrons. The number of nitrogens with zero attached hydrogens (tertiary/aromatic N) is 3. The van der Waals surface area contributed by atoms with Gasteiger partial charge in [-0.25, -0.2) is 8.42 Å². The average Bonchev–Trinajstić information content (AvgIpc) is 2.82. The minimum absolute atomic E-state index is 0.0480. The van der Waals surface area contributed by atoms with Crippen LogP contribution in [0, 0.1) is 6.92 Å². The zero-order valence-electron chi connectivity index (χ0n) is 18.5. The lowest BCUT2D eigenvalue weighted by Crippen LogP contribution is -2.50. The largest absolute Gasteiger partial charge is 0.497 e. The number of sulfonamides is 1. The van der Waals surface area contributed by atoms with Crippen molar-refractivity contribution in [1.82, 2.24) is 14.2 Å². The number of hydrogen-bond donors (Lipinski definition) is 0. The van der Waals surface area contributed by atoms with E-state index in [1.165, 1.54) is 11.0 Å². The molecule has 34 heavy (non-hydrogen) atoms. The average molecular weight is 494 g/mol. The summed E-state index contributed by atoms with van der Waals surface area (Å²) < 4.78 is 72.1. The number of carbonyl (C=O) groups excluding carboxylic acids is 1. The fourth-order valence-electron chi connectivity index (χ4n) is 3.95. The second-order valence-corrected chi connectivity index (χ2v) is 9.78. The minimum atomic E-state index is -4.80. The van der Waals surface area contributed by atoms with Crippen molar-refractivity contribution in [2.24, 2.45) is 0 Å². The minimum Gasteiger partial charge on any atom is -0.497 e. The molecule has 3 aromatic rings. The number of rotatable bonds is 4. The molecule has 0 radical (unpaired) electrons. The van der Waals surface area contributed by atoms with E-state index in [1.807, 2.05) is 0 Å². The van der Waals surface area contributed by atoms with E-state index >= 15 is 0 Å². The Bertz CT molecular complexity index is 1350. The monoisotopic (exact) mass is 493 g/mol. The smallest absolute Gasteiger partial charge is 0.417 e. The van der Waals surface area contributed by atoms with Crippen molar-refractivity contribution in [3.63, 3.8) is 0 Å². The van der Waals surface area contributed by atoms with E-state index in [0.717, 1.165) is 27.9 Å². The topological polar surface area (TPSA) is 79.8 Å². The van der Waals surface area contributed by atoms with Gasteiger partial charge in [-0.3, -0.25) is 9.78 Å². The number of aryl methyl sites for hydroxylation is 1. The standard InChI is InChI=1S/C23H22F3N3O4S/c1-15-18(13-16-7-8-17(33-2)14-20(16)27-15)22(30)28-9-11-29(12-10-28)34(31,32)21-6-4-3-5-19(21)23(24,25)26/h3-8,13-14H,9-12H2,1-2H3.